The number of likely N-dealkylation sites (tertiary alicyclic amines) is 1. The maximum absolute atomic E-state index is 13.7. The van der Waals surface area contributed by atoms with Crippen LogP contribution in [0.5, 0.6) is 0 Å². The Morgan fingerprint density at radius 1 is 0.975 bits per heavy atom. The zero-order valence-electron chi connectivity index (χ0n) is 22.0. The topological polar surface area (TPSA) is 102 Å². The summed E-state index contributed by atoms with van der Waals surface area (Å²) in [6.45, 7) is 2.49. The summed E-state index contributed by atoms with van der Waals surface area (Å²) in [5.74, 6) is -0.677. The summed E-state index contributed by atoms with van der Waals surface area (Å²) in [6, 6.07) is 18.1. The number of hydrogen-bond donors (Lipinski definition) is 1. The molecule has 4 aromatic rings. The van der Waals surface area contributed by atoms with E-state index in [1.165, 1.54) is 10.8 Å². The molecule has 2 N–H and O–H groups in total. The van der Waals surface area contributed by atoms with Gasteiger partial charge in [0.1, 0.15) is 6.54 Å². The molecule has 1 saturated heterocycles. The molecule has 0 aliphatic carbocycles. The van der Waals surface area contributed by atoms with Gasteiger partial charge in [-0.05, 0) is 66.9 Å². The van der Waals surface area contributed by atoms with Crippen LogP contribution in [0.4, 0.5) is 0 Å². The molecule has 10 heteroatoms. The van der Waals surface area contributed by atoms with Crippen LogP contribution in [0.2, 0.25) is 10.0 Å². The van der Waals surface area contributed by atoms with E-state index in [1.54, 1.807) is 36.2 Å². The second kappa shape index (κ2) is 11.8. The lowest BCUT2D eigenvalue weighted by Gasteiger charge is -2.32. The van der Waals surface area contributed by atoms with Crippen molar-refractivity contribution >= 4 is 46.0 Å². The van der Waals surface area contributed by atoms with E-state index < -0.39 is 11.5 Å². The molecule has 0 spiro atoms. The molecule has 2 amide bonds. The Kier molecular flexibility index (Phi) is 8.21. The lowest BCUT2D eigenvalue weighted by atomic mass is 9.99. The van der Waals surface area contributed by atoms with E-state index in [9.17, 15) is 14.4 Å². The Morgan fingerprint density at radius 3 is 2.20 bits per heavy atom. The molecule has 2 heterocycles. The van der Waals surface area contributed by atoms with Gasteiger partial charge in [-0.3, -0.25) is 19.0 Å². The van der Waals surface area contributed by atoms with Crippen molar-refractivity contribution in [2.24, 2.45) is 5.73 Å². The van der Waals surface area contributed by atoms with Crippen LogP contribution in [0.15, 0.2) is 71.7 Å². The van der Waals surface area contributed by atoms with Crippen LogP contribution in [0.1, 0.15) is 34.8 Å². The molecular formula is C30H29Cl2N5O3. The monoisotopic (exact) mass is 577 g/mol. The molecule has 5 rings (SSSR count). The lowest BCUT2D eigenvalue weighted by Crippen LogP contribution is -2.41. The highest BCUT2D eigenvalue weighted by molar-refractivity contribution is 6.42. The molecule has 0 radical (unpaired) electrons. The molecule has 8 nitrogen and oxygen atoms in total. The highest BCUT2D eigenvalue weighted by atomic mass is 35.5. The molecule has 40 heavy (non-hydrogen) atoms. The van der Waals surface area contributed by atoms with E-state index in [0.29, 0.717) is 28.2 Å². The van der Waals surface area contributed by atoms with Gasteiger partial charge >= 0.3 is 0 Å². The van der Waals surface area contributed by atoms with Crippen molar-refractivity contribution in [3.63, 3.8) is 0 Å². The summed E-state index contributed by atoms with van der Waals surface area (Å²) in [5.41, 5.74) is 9.29. The number of nitrogens with zero attached hydrogens (tertiary/aromatic N) is 4. The highest BCUT2D eigenvalue weighted by Crippen LogP contribution is 2.28. The smallest absolute Gasteiger partial charge is 0.269 e. The fourth-order valence-electron chi connectivity index (χ4n) is 5.13. The second-order valence-corrected chi connectivity index (χ2v) is 10.8. The van der Waals surface area contributed by atoms with E-state index in [0.717, 1.165) is 42.6 Å². The van der Waals surface area contributed by atoms with Gasteiger partial charge in [-0.15, -0.1) is 0 Å². The first-order chi connectivity index (χ1) is 19.2. The zero-order valence-corrected chi connectivity index (χ0v) is 23.5. The van der Waals surface area contributed by atoms with E-state index in [4.69, 9.17) is 28.9 Å². The van der Waals surface area contributed by atoms with Crippen LogP contribution in [-0.4, -0.2) is 57.8 Å². The number of amides is 2. The van der Waals surface area contributed by atoms with Gasteiger partial charge < -0.3 is 15.5 Å². The van der Waals surface area contributed by atoms with Crippen molar-refractivity contribution in [2.75, 3.05) is 26.7 Å². The Morgan fingerprint density at radius 2 is 1.57 bits per heavy atom. The molecule has 1 aromatic heterocycles. The first-order valence-electron chi connectivity index (χ1n) is 13.0. The van der Waals surface area contributed by atoms with Gasteiger partial charge in [-0.1, -0.05) is 59.6 Å². The predicted molar refractivity (Wildman–Crippen MR) is 158 cm³/mol. The number of nitrogens with two attached hydrogens (primary N) is 1. The maximum atomic E-state index is 13.7. The molecule has 1 aliphatic rings. The van der Waals surface area contributed by atoms with Gasteiger partial charge in [-0.2, -0.15) is 0 Å². The number of benzene rings is 3. The van der Waals surface area contributed by atoms with Gasteiger partial charge in [0.2, 0.25) is 11.8 Å². The highest BCUT2D eigenvalue weighted by Gasteiger charge is 2.26. The zero-order chi connectivity index (χ0) is 28.4. The Hall–Kier alpha value is -3.72. The lowest BCUT2D eigenvalue weighted by molar-refractivity contribution is -0.133. The summed E-state index contributed by atoms with van der Waals surface area (Å²) < 4.78 is 1.38. The van der Waals surface area contributed by atoms with Crippen LogP contribution in [-0.2, 0) is 11.3 Å². The quantitative estimate of drug-likeness (QED) is 0.325. The Labute approximate surface area is 241 Å². The number of likely N-dealkylation sites (N-methyl/N-ethyl adjacent to an activating group) is 1. The van der Waals surface area contributed by atoms with Crippen LogP contribution in [0.3, 0.4) is 0 Å². The first-order valence-corrected chi connectivity index (χ1v) is 13.8. The summed E-state index contributed by atoms with van der Waals surface area (Å²) in [7, 11) is 1.78. The average molecular weight is 579 g/mol. The molecule has 3 aromatic carbocycles. The number of carbonyl (C=O) groups is 2. The largest absolute Gasteiger partial charge is 0.366 e. The van der Waals surface area contributed by atoms with Crippen molar-refractivity contribution in [3.8, 4) is 11.1 Å². The summed E-state index contributed by atoms with van der Waals surface area (Å²) in [6.07, 6.45) is 3.45. The summed E-state index contributed by atoms with van der Waals surface area (Å²) >= 11 is 12.4. The van der Waals surface area contributed by atoms with Crippen LogP contribution >= 0.6 is 23.2 Å². The minimum absolute atomic E-state index is 0.160. The molecule has 0 bridgehead atoms. The predicted octanol–water partition coefficient (Wildman–Crippen LogP) is 4.76. The van der Waals surface area contributed by atoms with E-state index in [1.807, 2.05) is 36.4 Å². The normalized spacial score (nSPS) is 14.4. The molecule has 1 unspecified atom stereocenters. The van der Waals surface area contributed by atoms with Gasteiger partial charge in [0.25, 0.3) is 5.56 Å². The number of carbonyl (C=O) groups excluding carboxylic acids is 2. The van der Waals surface area contributed by atoms with Crippen LogP contribution in [0.25, 0.3) is 22.2 Å². The molecule has 1 atom stereocenters. The Balaban J connectivity index is 1.42. The minimum atomic E-state index is -0.465. The summed E-state index contributed by atoms with van der Waals surface area (Å²) in [4.78, 5) is 46.1. The van der Waals surface area contributed by atoms with E-state index >= 15 is 0 Å². The van der Waals surface area contributed by atoms with Gasteiger partial charge in [-0.25, -0.2) is 4.98 Å². The minimum Gasteiger partial charge on any atom is -0.366 e. The number of primary amides is 1. The molecular weight excluding hydrogens is 549 g/mol. The van der Waals surface area contributed by atoms with Gasteiger partial charge in [0, 0.05) is 19.2 Å². The summed E-state index contributed by atoms with van der Waals surface area (Å²) in [5, 5.41) is 0.612. The van der Waals surface area contributed by atoms with Gasteiger partial charge in [0.15, 0.2) is 0 Å². The Bertz CT molecular complexity index is 1610. The van der Waals surface area contributed by atoms with Crippen molar-refractivity contribution in [1.82, 2.24) is 19.4 Å². The number of aromatic nitrogens is 2. The van der Waals surface area contributed by atoms with E-state index in [2.05, 4.69) is 9.88 Å². The fraction of sp³-hybridized carbons (Fsp3) is 0.267. The third-order valence-electron chi connectivity index (χ3n) is 7.47. The average Bonchev–Trinajstić information content (AvgIpc) is 3.47. The first kappa shape index (κ1) is 27.8. The van der Waals surface area contributed by atoms with E-state index in [-0.39, 0.29) is 23.5 Å². The fourth-order valence-corrected chi connectivity index (χ4v) is 5.44. The van der Waals surface area contributed by atoms with Crippen molar-refractivity contribution in [2.45, 2.75) is 25.4 Å². The van der Waals surface area contributed by atoms with Crippen LogP contribution in [0, 0.1) is 0 Å². The third kappa shape index (κ3) is 5.89. The van der Waals surface area contributed by atoms with Crippen molar-refractivity contribution < 1.29 is 9.59 Å². The molecule has 1 fully saturated rings. The SMILES string of the molecule is CN(C(=O)Cn1c(=O)cnc2cc(Cl)c(Cl)cc21)C(CN1CCCC1)c1ccc(-c2ccc(C(N)=O)cc2)cc1. The molecule has 1 aliphatic heterocycles. The maximum Gasteiger partial charge on any atom is 0.269 e. The number of rotatable bonds is 8. The second-order valence-electron chi connectivity index (χ2n) is 10.0. The molecule has 0 saturated carbocycles. The number of hydrogen-bond acceptors (Lipinski definition) is 5. The van der Waals surface area contributed by atoms with Crippen molar-refractivity contribution in [3.05, 3.63) is 98.4 Å². The number of halogens is 2. The van der Waals surface area contributed by atoms with Gasteiger partial charge in [0.05, 0.1) is 33.3 Å². The number of fused-ring (bicyclic) bond motifs is 1. The third-order valence-corrected chi connectivity index (χ3v) is 8.19. The standard InChI is InChI=1S/C30H29Cl2N5O3/c1-35(29(39)18-37-26-15-24(32)23(31)14-25(26)34-16-28(37)38)27(17-36-12-2-3-13-36)21-8-4-19(5-9-21)20-6-10-22(11-7-20)30(33)40/h4-11,14-16,27H,2-3,12-13,17-18H2,1H3,(H2,33,40). The molecule has 206 valence electrons. The van der Waals surface area contributed by atoms with Crippen molar-refractivity contribution in [1.29, 1.82) is 0 Å². The van der Waals surface area contributed by atoms with Crippen LogP contribution < -0.4 is 11.3 Å².